The number of benzene rings is 3. The second-order valence-corrected chi connectivity index (χ2v) is 9.19. The van der Waals surface area contributed by atoms with Crippen LogP contribution in [0.25, 0.3) is 44.4 Å². The van der Waals surface area contributed by atoms with E-state index >= 15 is 0 Å². The quantitative estimate of drug-likeness (QED) is 0.338. The summed E-state index contributed by atoms with van der Waals surface area (Å²) >= 11 is 0. The van der Waals surface area contributed by atoms with Gasteiger partial charge in [-0.25, -0.2) is 14.6 Å². The number of imidazole rings is 1. The van der Waals surface area contributed by atoms with Crippen LogP contribution in [0.15, 0.2) is 73.4 Å². The van der Waals surface area contributed by atoms with Crippen molar-refractivity contribution in [3.63, 3.8) is 0 Å². The van der Waals surface area contributed by atoms with Crippen molar-refractivity contribution in [3.05, 3.63) is 91.5 Å². The van der Waals surface area contributed by atoms with Crippen molar-refractivity contribution >= 4 is 33.0 Å². The van der Waals surface area contributed by atoms with Gasteiger partial charge in [-0.2, -0.15) is 0 Å². The summed E-state index contributed by atoms with van der Waals surface area (Å²) in [4.78, 5) is 46.8. The predicted molar refractivity (Wildman–Crippen MR) is 147 cm³/mol. The van der Waals surface area contributed by atoms with Crippen LogP contribution in [-0.2, 0) is 24.9 Å². The zero-order chi connectivity index (χ0) is 27.3. The topological polar surface area (TPSA) is 126 Å². The Kier molecular flexibility index (Phi) is 5.92. The molecule has 0 bridgehead atoms. The van der Waals surface area contributed by atoms with E-state index in [4.69, 9.17) is 18.9 Å². The molecule has 0 amide bonds. The molecule has 0 aliphatic heterocycles. The number of aryl methyl sites for hydroxylation is 1. The molecule has 3 heterocycles. The van der Waals surface area contributed by atoms with Crippen molar-refractivity contribution in [3.8, 4) is 17.1 Å². The van der Waals surface area contributed by atoms with E-state index in [9.17, 15) is 14.4 Å². The van der Waals surface area contributed by atoms with E-state index in [0.29, 0.717) is 58.7 Å². The number of hydrogen-bond acceptors (Lipinski definition) is 7. The van der Waals surface area contributed by atoms with Crippen LogP contribution in [0.3, 0.4) is 0 Å². The monoisotopic (exact) mass is 527 g/mol. The normalized spacial score (nSPS) is 11.7. The number of hydrogen-bond donors (Lipinski definition) is 1. The molecule has 0 spiro atoms. The van der Waals surface area contributed by atoms with E-state index in [1.165, 1.54) is 16.2 Å². The summed E-state index contributed by atoms with van der Waals surface area (Å²) in [7, 11) is 4.71. The van der Waals surface area contributed by atoms with Gasteiger partial charge in [-0.05, 0) is 23.8 Å². The number of fused-ring (bicyclic) bond motifs is 4. The van der Waals surface area contributed by atoms with E-state index in [2.05, 4.69) is 4.98 Å². The summed E-state index contributed by atoms with van der Waals surface area (Å²) in [6.07, 6.45) is 0. The Hall–Kier alpha value is -4.90. The van der Waals surface area contributed by atoms with E-state index < -0.39 is 11.3 Å². The van der Waals surface area contributed by atoms with E-state index in [0.717, 1.165) is 5.56 Å². The Balaban J connectivity index is 1.61. The average molecular weight is 528 g/mol. The van der Waals surface area contributed by atoms with Gasteiger partial charge in [0.25, 0.3) is 5.56 Å². The summed E-state index contributed by atoms with van der Waals surface area (Å²) in [6, 6.07) is 16.4. The molecule has 11 heteroatoms. The third-order valence-corrected chi connectivity index (χ3v) is 6.91. The molecule has 0 aliphatic rings. The fourth-order valence-corrected chi connectivity index (χ4v) is 4.98. The maximum absolute atomic E-state index is 13.4. The first kappa shape index (κ1) is 24.4. The number of nitrogens with zero attached hydrogens (tertiary/aromatic N) is 4. The van der Waals surface area contributed by atoms with Crippen LogP contribution < -0.4 is 21.7 Å². The summed E-state index contributed by atoms with van der Waals surface area (Å²) in [6.45, 7) is 1.00. The van der Waals surface area contributed by atoms with Crippen LogP contribution in [0.2, 0.25) is 0 Å². The molecule has 6 rings (SSSR count). The van der Waals surface area contributed by atoms with Gasteiger partial charge in [-0.15, -0.1) is 0 Å². The molecule has 3 aromatic heterocycles. The van der Waals surface area contributed by atoms with Gasteiger partial charge in [0.05, 0.1) is 43.4 Å². The second-order valence-electron chi connectivity index (χ2n) is 9.19. The van der Waals surface area contributed by atoms with Crippen molar-refractivity contribution < 1.29 is 13.9 Å². The number of aromatic amines is 1. The first-order valence-electron chi connectivity index (χ1n) is 12.3. The molecular weight excluding hydrogens is 502 g/mol. The number of oxazole rings is 1. The Labute approximate surface area is 220 Å². The zero-order valence-corrected chi connectivity index (χ0v) is 21.6. The van der Waals surface area contributed by atoms with Gasteiger partial charge in [0.1, 0.15) is 22.5 Å². The van der Waals surface area contributed by atoms with Gasteiger partial charge >= 0.3 is 11.4 Å². The van der Waals surface area contributed by atoms with Crippen LogP contribution in [-0.4, -0.2) is 44.5 Å². The van der Waals surface area contributed by atoms with E-state index in [1.54, 1.807) is 43.0 Å². The first-order valence-corrected chi connectivity index (χ1v) is 12.3. The number of aromatic nitrogens is 5. The lowest BCUT2D eigenvalue weighted by molar-refractivity contribution is 0.186. The van der Waals surface area contributed by atoms with Gasteiger partial charge < -0.3 is 18.9 Å². The number of ether oxygens (including phenoxy) is 2. The van der Waals surface area contributed by atoms with Crippen molar-refractivity contribution in [1.82, 2.24) is 23.7 Å². The summed E-state index contributed by atoms with van der Waals surface area (Å²) in [5.41, 5.74) is 3.20. The van der Waals surface area contributed by atoms with Crippen molar-refractivity contribution in [1.29, 1.82) is 0 Å². The van der Waals surface area contributed by atoms with Gasteiger partial charge in [-0.1, -0.05) is 30.3 Å². The maximum atomic E-state index is 13.4. The molecule has 0 radical (unpaired) electrons. The SMILES string of the molecule is COCCn1c(=O)oc2cc(-c3nc4c(c(OC)cc5c4n(Cc4ccccc4)c(=O)n5C)c(=O)[nH]3)ccc21. The number of rotatable bonds is 7. The highest BCUT2D eigenvalue weighted by atomic mass is 16.5. The Bertz CT molecular complexity index is 2050. The standard InChI is InChI=1S/C28H25N5O6/c1-31-19-14-21(38-3)22-23(24(19)33(27(31)35)15-16-7-5-4-6-8-16)29-25(30-26(22)34)17-9-10-18-20(13-17)39-28(36)32(18)11-12-37-2/h4-10,13-14H,11-12,15H2,1-3H3,(H,29,30,34). The third-order valence-electron chi connectivity index (χ3n) is 6.91. The molecule has 0 saturated carbocycles. The Morgan fingerprint density at radius 3 is 2.51 bits per heavy atom. The summed E-state index contributed by atoms with van der Waals surface area (Å²) in [5.74, 6) is 0.0700. The van der Waals surface area contributed by atoms with Crippen LogP contribution in [0.5, 0.6) is 5.75 Å². The Morgan fingerprint density at radius 2 is 1.77 bits per heavy atom. The lowest BCUT2D eigenvalue weighted by Gasteiger charge is -2.11. The fraction of sp³-hybridized carbons (Fsp3) is 0.214. The van der Waals surface area contributed by atoms with Crippen molar-refractivity contribution in [2.75, 3.05) is 20.8 Å². The fourth-order valence-electron chi connectivity index (χ4n) is 4.98. The third kappa shape index (κ3) is 3.94. The lowest BCUT2D eigenvalue weighted by atomic mass is 10.1. The highest BCUT2D eigenvalue weighted by Crippen LogP contribution is 2.31. The molecule has 39 heavy (non-hydrogen) atoms. The van der Waals surface area contributed by atoms with Crippen molar-refractivity contribution in [2.45, 2.75) is 13.1 Å². The molecule has 11 nitrogen and oxygen atoms in total. The molecule has 0 fully saturated rings. The molecule has 6 aromatic rings. The minimum Gasteiger partial charge on any atom is -0.496 e. The smallest absolute Gasteiger partial charge is 0.420 e. The van der Waals surface area contributed by atoms with Gasteiger partial charge in [0, 0.05) is 25.8 Å². The molecule has 0 atom stereocenters. The second kappa shape index (κ2) is 9.44. The Morgan fingerprint density at radius 1 is 0.974 bits per heavy atom. The van der Waals surface area contributed by atoms with Crippen LogP contribution in [0.1, 0.15) is 5.56 Å². The van der Waals surface area contributed by atoms with Gasteiger partial charge in [0.15, 0.2) is 5.58 Å². The van der Waals surface area contributed by atoms with Gasteiger partial charge in [-0.3, -0.25) is 18.5 Å². The number of H-pyrrole nitrogens is 1. The predicted octanol–water partition coefficient (Wildman–Crippen LogP) is 2.85. The lowest BCUT2D eigenvalue weighted by Crippen LogP contribution is -2.22. The number of methoxy groups -OCH3 is 2. The molecule has 1 N–H and O–H groups in total. The minimum atomic E-state index is -0.500. The molecule has 0 aliphatic carbocycles. The highest BCUT2D eigenvalue weighted by molar-refractivity contribution is 6.05. The van der Waals surface area contributed by atoms with E-state index in [1.807, 2.05) is 30.3 Å². The summed E-state index contributed by atoms with van der Waals surface area (Å²) < 4.78 is 20.7. The zero-order valence-electron chi connectivity index (χ0n) is 21.6. The van der Waals surface area contributed by atoms with Crippen LogP contribution in [0.4, 0.5) is 0 Å². The maximum Gasteiger partial charge on any atom is 0.420 e. The first-order chi connectivity index (χ1) is 18.9. The van der Waals surface area contributed by atoms with E-state index in [-0.39, 0.29) is 16.9 Å². The average Bonchev–Trinajstić information content (AvgIpc) is 3.39. The highest BCUT2D eigenvalue weighted by Gasteiger charge is 2.22. The van der Waals surface area contributed by atoms with Gasteiger partial charge in [0.2, 0.25) is 0 Å². The van der Waals surface area contributed by atoms with Crippen molar-refractivity contribution in [2.24, 2.45) is 7.05 Å². The minimum absolute atomic E-state index is 0.236. The molecular formula is C28H25N5O6. The van der Waals surface area contributed by atoms with Crippen LogP contribution in [0, 0.1) is 0 Å². The largest absolute Gasteiger partial charge is 0.496 e. The molecule has 0 unspecified atom stereocenters. The number of nitrogens with one attached hydrogen (secondary N) is 1. The molecule has 0 saturated heterocycles. The molecule has 198 valence electrons. The van der Waals surface area contributed by atoms with Crippen LogP contribution >= 0.6 is 0 Å². The molecule has 3 aromatic carbocycles. The summed E-state index contributed by atoms with van der Waals surface area (Å²) in [5, 5.41) is 0.236.